The molecule has 0 bridgehead atoms. The van der Waals surface area contributed by atoms with Crippen LogP contribution < -0.4 is 5.32 Å². The predicted octanol–water partition coefficient (Wildman–Crippen LogP) is 2.46. The third kappa shape index (κ3) is 4.18. The molecular weight excluding hydrogens is 206 g/mol. The number of likely N-dealkylation sites (N-methyl/N-ethyl adjacent to an activating group) is 1. The molecule has 0 aromatic carbocycles. The van der Waals surface area contributed by atoms with E-state index in [2.05, 4.69) is 48.4 Å². The van der Waals surface area contributed by atoms with Crippen molar-refractivity contribution in [1.82, 2.24) is 9.88 Å². The second kappa shape index (κ2) is 6.08. The van der Waals surface area contributed by atoms with Gasteiger partial charge in [0.1, 0.15) is 0 Å². The molecule has 0 aliphatic carbocycles. The first kappa shape index (κ1) is 12.5. The van der Waals surface area contributed by atoms with Gasteiger partial charge in [0.05, 0.1) is 5.69 Å². The van der Waals surface area contributed by atoms with Crippen LogP contribution in [-0.2, 0) is 6.42 Å². The molecule has 1 aromatic rings. The molecule has 0 amide bonds. The highest BCUT2D eigenvalue weighted by atomic mass is 32.1. The molecule has 15 heavy (non-hydrogen) atoms. The van der Waals surface area contributed by atoms with E-state index in [0.717, 1.165) is 24.6 Å². The molecular formula is C11H21N3S. The largest absolute Gasteiger partial charge is 0.360 e. The zero-order valence-electron chi connectivity index (χ0n) is 10.1. The molecule has 1 heterocycles. The van der Waals surface area contributed by atoms with Crippen LogP contribution in [0.2, 0.25) is 0 Å². The lowest BCUT2D eigenvalue weighted by molar-refractivity contribution is 0.284. The van der Waals surface area contributed by atoms with Crippen molar-refractivity contribution in [2.75, 3.05) is 25.5 Å². The molecule has 0 saturated carbocycles. The van der Waals surface area contributed by atoms with E-state index >= 15 is 0 Å². The van der Waals surface area contributed by atoms with E-state index in [0.29, 0.717) is 6.04 Å². The summed E-state index contributed by atoms with van der Waals surface area (Å²) in [5.41, 5.74) is 1.18. The van der Waals surface area contributed by atoms with Gasteiger partial charge < -0.3 is 10.2 Å². The highest BCUT2D eigenvalue weighted by molar-refractivity contribution is 7.13. The Morgan fingerprint density at radius 2 is 2.27 bits per heavy atom. The monoisotopic (exact) mass is 227 g/mol. The van der Waals surface area contributed by atoms with Gasteiger partial charge in [-0.25, -0.2) is 4.98 Å². The van der Waals surface area contributed by atoms with Crippen LogP contribution in [0.1, 0.15) is 26.5 Å². The van der Waals surface area contributed by atoms with E-state index in [1.165, 1.54) is 5.69 Å². The van der Waals surface area contributed by atoms with E-state index in [9.17, 15) is 0 Å². The lowest BCUT2D eigenvalue weighted by atomic mass is 10.3. The van der Waals surface area contributed by atoms with Crippen LogP contribution in [0, 0.1) is 0 Å². The molecule has 0 saturated heterocycles. The highest BCUT2D eigenvalue weighted by Crippen LogP contribution is 2.15. The molecule has 3 nitrogen and oxygen atoms in total. The van der Waals surface area contributed by atoms with Crippen LogP contribution in [-0.4, -0.2) is 36.1 Å². The lowest BCUT2D eigenvalue weighted by Crippen LogP contribution is -2.31. The molecule has 4 heteroatoms. The third-order valence-electron chi connectivity index (χ3n) is 2.54. The lowest BCUT2D eigenvalue weighted by Gasteiger charge is -2.20. The fourth-order valence-electron chi connectivity index (χ4n) is 1.15. The van der Waals surface area contributed by atoms with Crippen molar-refractivity contribution in [2.45, 2.75) is 33.2 Å². The van der Waals surface area contributed by atoms with E-state index in [1.54, 1.807) is 11.3 Å². The van der Waals surface area contributed by atoms with Crippen LogP contribution in [0.4, 0.5) is 5.13 Å². The van der Waals surface area contributed by atoms with Gasteiger partial charge in [0.15, 0.2) is 5.13 Å². The summed E-state index contributed by atoms with van der Waals surface area (Å²) in [6.45, 7) is 8.56. The van der Waals surface area contributed by atoms with Crippen LogP contribution in [0.15, 0.2) is 5.38 Å². The highest BCUT2D eigenvalue weighted by Gasteiger charge is 2.03. The maximum absolute atomic E-state index is 4.46. The van der Waals surface area contributed by atoms with Crippen molar-refractivity contribution in [3.05, 3.63) is 11.1 Å². The number of nitrogens with one attached hydrogen (secondary N) is 1. The molecule has 1 rings (SSSR count). The first-order chi connectivity index (χ1) is 7.13. The van der Waals surface area contributed by atoms with E-state index in [-0.39, 0.29) is 0 Å². The van der Waals surface area contributed by atoms with Gasteiger partial charge in [0, 0.05) is 24.5 Å². The number of thiazole rings is 1. The summed E-state index contributed by atoms with van der Waals surface area (Å²) >= 11 is 1.69. The molecule has 0 fully saturated rings. The average Bonchev–Trinajstić information content (AvgIpc) is 2.65. The van der Waals surface area contributed by atoms with Crippen molar-refractivity contribution in [1.29, 1.82) is 0 Å². The van der Waals surface area contributed by atoms with Gasteiger partial charge in [0.25, 0.3) is 0 Å². The van der Waals surface area contributed by atoms with Gasteiger partial charge in [-0.3, -0.25) is 0 Å². The summed E-state index contributed by atoms with van der Waals surface area (Å²) in [6, 6.07) is 0.606. The zero-order chi connectivity index (χ0) is 11.3. The Balaban J connectivity index is 2.25. The quantitative estimate of drug-likeness (QED) is 0.809. The second-order valence-electron chi connectivity index (χ2n) is 4.00. The summed E-state index contributed by atoms with van der Waals surface area (Å²) in [7, 11) is 2.14. The number of hydrogen-bond donors (Lipinski definition) is 1. The molecule has 1 aromatic heterocycles. The number of anilines is 1. The fraction of sp³-hybridized carbons (Fsp3) is 0.727. The van der Waals surface area contributed by atoms with Gasteiger partial charge in [-0.2, -0.15) is 0 Å². The Kier molecular flexibility index (Phi) is 5.05. The first-order valence-corrected chi connectivity index (χ1v) is 6.40. The number of aromatic nitrogens is 1. The van der Waals surface area contributed by atoms with Gasteiger partial charge in [-0.1, -0.05) is 6.92 Å². The molecule has 0 aliphatic heterocycles. The van der Waals surface area contributed by atoms with Crippen LogP contribution in [0.5, 0.6) is 0 Å². The van der Waals surface area contributed by atoms with Crippen molar-refractivity contribution in [3.63, 3.8) is 0 Å². The van der Waals surface area contributed by atoms with Crippen LogP contribution >= 0.6 is 11.3 Å². The summed E-state index contributed by atoms with van der Waals surface area (Å²) in [5, 5.41) is 6.52. The Morgan fingerprint density at radius 1 is 1.53 bits per heavy atom. The summed E-state index contributed by atoms with van der Waals surface area (Å²) < 4.78 is 0. The molecule has 0 atom stereocenters. The minimum atomic E-state index is 0.606. The fourth-order valence-corrected chi connectivity index (χ4v) is 1.97. The SMILES string of the molecule is CCc1csc(NCCN(C)C(C)C)n1. The zero-order valence-corrected chi connectivity index (χ0v) is 10.9. The number of rotatable bonds is 6. The molecule has 0 radical (unpaired) electrons. The second-order valence-corrected chi connectivity index (χ2v) is 4.86. The van der Waals surface area contributed by atoms with Gasteiger partial charge >= 0.3 is 0 Å². The maximum atomic E-state index is 4.46. The van der Waals surface area contributed by atoms with Crippen molar-refractivity contribution >= 4 is 16.5 Å². The minimum absolute atomic E-state index is 0.606. The molecule has 0 unspecified atom stereocenters. The standard InChI is InChI=1S/C11H21N3S/c1-5-10-8-15-11(13-10)12-6-7-14(4)9(2)3/h8-9H,5-7H2,1-4H3,(H,12,13). The summed E-state index contributed by atoms with van der Waals surface area (Å²) in [6.07, 6.45) is 1.02. The smallest absolute Gasteiger partial charge is 0.182 e. The van der Waals surface area contributed by atoms with Crippen LogP contribution in [0.3, 0.4) is 0 Å². The van der Waals surface area contributed by atoms with Gasteiger partial charge in [-0.05, 0) is 27.3 Å². The number of aryl methyl sites for hydroxylation is 1. The Bertz CT molecular complexity index is 283. The molecule has 0 spiro atoms. The molecule has 1 N–H and O–H groups in total. The Labute approximate surface area is 96.5 Å². The summed E-state index contributed by atoms with van der Waals surface area (Å²) in [4.78, 5) is 6.78. The first-order valence-electron chi connectivity index (χ1n) is 5.52. The summed E-state index contributed by atoms with van der Waals surface area (Å²) in [5.74, 6) is 0. The Morgan fingerprint density at radius 3 is 2.80 bits per heavy atom. The number of nitrogens with zero attached hydrogens (tertiary/aromatic N) is 2. The van der Waals surface area contributed by atoms with Gasteiger partial charge in [0.2, 0.25) is 0 Å². The normalized spacial score (nSPS) is 11.3. The topological polar surface area (TPSA) is 28.2 Å². The molecule has 86 valence electrons. The van der Waals surface area contributed by atoms with Crippen molar-refractivity contribution < 1.29 is 0 Å². The maximum Gasteiger partial charge on any atom is 0.182 e. The average molecular weight is 227 g/mol. The minimum Gasteiger partial charge on any atom is -0.360 e. The third-order valence-corrected chi connectivity index (χ3v) is 3.39. The molecule has 0 aliphatic rings. The van der Waals surface area contributed by atoms with Crippen LogP contribution in [0.25, 0.3) is 0 Å². The van der Waals surface area contributed by atoms with E-state index in [4.69, 9.17) is 0 Å². The number of hydrogen-bond acceptors (Lipinski definition) is 4. The van der Waals surface area contributed by atoms with E-state index < -0.39 is 0 Å². The predicted molar refractivity (Wildman–Crippen MR) is 67.7 cm³/mol. The van der Waals surface area contributed by atoms with E-state index in [1.807, 2.05) is 0 Å². The van der Waals surface area contributed by atoms with Crippen molar-refractivity contribution in [2.24, 2.45) is 0 Å². The van der Waals surface area contributed by atoms with Crippen molar-refractivity contribution in [3.8, 4) is 0 Å². The Hall–Kier alpha value is -0.610. The van der Waals surface area contributed by atoms with Gasteiger partial charge in [-0.15, -0.1) is 11.3 Å².